The molecule has 1 atom stereocenters. The van der Waals surface area contributed by atoms with Crippen molar-refractivity contribution in [1.82, 2.24) is 5.32 Å². The molecule has 3 N–H and O–H groups in total. The van der Waals surface area contributed by atoms with Gasteiger partial charge in [-0.2, -0.15) is 0 Å². The number of rotatable bonds is 8. The Morgan fingerprint density at radius 2 is 1.80 bits per heavy atom. The van der Waals surface area contributed by atoms with Crippen molar-refractivity contribution in [3.8, 4) is 5.75 Å². The van der Waals surface area contributed by atoms with Gasteiger partial charge in [0.25, 0.3) is 0 Å². The van der Waals surface area contributed by atoms with Crippen LogP contribution in [0.5, 0.6) is 5.75 Å². The number of benzene rings is 1. The van der Waals surface area contributed by atoms with Crippen LogP contribution in [-0.4, -0.2) is 34.8 Å². The summed E-state index contributed by atoms with van der Waals surface area (Å²) in [5.41, 5.74) is 0.902. The molecule has 0 aliphatic heterocycles. The molecular weight excluding hydrogens is 262 g/mol. The topological polar surface area (TPSA) is 95.9 Å². The van der Waals surface area contributed by atoms with Crippen molar-refractivity contribution in [3.63, 3.8) is 0 Å². The number of carboxylic acids is 2. The SMILES string of the molecule is CC(C)[C@@H](NCc1ccc(OCC(=O)O)cc1)C(=O)O. The molecule has 1 rings (SSSR count). The Kier molecular flexibility index (Phi) is 5.99. The number of carbonyl (C=O) groups is 2. The van der Waals surface area contributed by atoms with Crippen molar-refractivity contribution in [2.45, 2.75) is 26.4 Å². The van der Waals surface area contributed by atoms with Gasteiger partial charge in [0.05, 0.1) is 0 Å². The monoisotopic (exact) mass is 281 g/mol. The number of ether oxygens (including phenoxy) is 1. The van der Waals surface area contributed by atoms with Crippen molar-refractivity contribution in [2.75, 3.05) is 6.61 Å². The van der Waals surface area contributed by atoms with Crippen LogP contribution in [-0.2, 0) is 16.1 Å². The molecule has 0 aliphatic rings. The summed E-state index contributed by atoms with van der Waals surface area (Å²) in [6.07, 6.45) is 0. The minimum atomic E-state index is -1.03. The maximum Gasteiger partial charge on any atom is 0.341 e. The third kappa shape index (κ3) is 5.27. The van der Waals surface area contributed by atoms with E-state index in [9.17, 15) is 9.59 Å². The molecule has 0 saturated carbocycles. The summed E-state index contributed by atoms with van der Waals surface area (Å²) in [4.78, 5) is 21.4. The Labute approximate surface area is 117 Å². The molecule has 0 amide bonds. The van der Waals surface area contributed by atoms with Crippen molar-refractivity contribution in [3.05, 3.63) is 29.8 Å². The molecule has 0 radical (unpaired) electrons. The third-order valence-electron chi connectivity index (χ3n) is 2.74. The second-order valence-corrected chi connectivity index (χ2v) is 4.77. The second-order valence-electron chi connectivity index (χ2n) is 4.77. The van der Waals surface area contributed by atoms with Gasteiger partial charge in [-0.05, 0) is 23.6 Å². The van der Waals surface area contributed by atoms with Crippen LogP contribution in [0, 0.1) is 5.92 Å². The van der Waals surface area contributed by atoms with Crippen molar-refractivity contribution >= 4 is 11.9 Å². The number of hydrogen-bond donors (Lipinski definition) is 3. The molecule has 0 fully saturated rings. The van der Waals surface area contributed by atoms with Crippen LogP contribution in [0.25, 0.3) is 0 Å². The highest BCUT2D eigenvalue weighted by molar-refractivity contribution is 5.73. The highest BCUT2D eigenvalue weighted by Gasteiger charge is 2.20. The van der Waals surface area contributed by atoms with Gasteiger partial charge in [-0.25, -0.2) is 4.79 Å². The lowest BCUT2D eigenvalue weighted by molar-refractivity contribution is -0.141. The lowest BCUT2D eigenvalue weighted by atomic mass is 10.0. The fraction of sp³-hybridized carbons (Fsp3) is 0.429. The molecule has 0 spiro atoms. The predicted octanol–water partition coefficient (Wildman–Crippen LogP) is 1.35. The van der Waals surface area contributed by atoms with Crippen molar-refractivity contribution in [2.24, 2.45) is 5.92 Å². The first kappa shape index (κ1) is 16.0. The summed E-state index contributed by atoms with van der Waals surface area (Å²) in [7, 11) is 0. The van der Waals surface area contributed by atoms with E-state index >= 15 is 0 Å². The number of aliphatic carboxylic acids is 2. The van der Waals surface area contributed by atoms with E-state index in [0.29, 0.717) is 12.3 Å². The van der Waals surface area contributed by atoms with Crippen molar-refractivity contribution in [1.29, 1.82) is 0 Å². The van der Waals surface area contributed by atoms with Crippen LogP contribution in [0.15, 0.2) is 24.3 Å². The Morgan fingerprint density at radius 3 is 2.25 bits per heavy atom. The van der Waals surface area contributed by atoms with Gasteiger partial charge < -0.3 is 20.3 Å². The minimum Gasteiger partial charge on any atom is -0.482 e. The first-order valence-corrected chi connectivity index (χ1v) is 6.30. The number of nitrogens with one attached hydrogen (secondary N) is 1. The van der Waals surface area contributed by atoms with Crippen molar-refractivity contribution < 1.29 is 24.5 Å². The van der Waals surface area contributed by atoms with Crippen LogP contribution in [0.3, 0.4) is 0 Å². The zero-order chi connectivity index (χ0) is 15.1. The zero-order valence-corrected chi connectivity index (χ0v) is 11.5. The summed E-state index contributed by atoms with van der Waals surface area (Å²) in [5, 5.41) is 20.5. The molecule has 0 heterocycles. The predicted molar refractivity (Wildman–Crippen MR) is 72.7 cm³/mol. The molecule has 1 aromatic carbocycles. The van der Waals surface area contributed by atoms with E-state index < -0.39 is 18.0 Å². The normalized spacial score (nSPS) is 12.2. The quantitative estimate of drug-likeness (QED) is 0.665. The highest BCUT2D eigenvalue weighted by Crippen LogP contribution is 2.12. The van der Waals surface area contributed by atoms with Crippen LogP contribution >= 0.6 is 0 Å². The van der Waals surface area contributed by atoms with Gasteiger partial charge in [0, 0.05) is 6.54 Å². The van der Waals surface area contributed by atoms with Gasteiger partial charge in [-0.15, -0.1) is 0 Å². The van der Waals surface area contributed by atoms with Crippen LogP contribution in [0.2, 0.25) is 0 Å². The second kappa shape index (κ2) is 7.49. The van der Waals surface area contributed by atoms with E-state index in [4.69, 9.17) is 14.9 Å². The van der Waals surface area contributed by atoms with E-state index in [0.717, 1.165) is 5.56 Å². The smallest absolute Gasteiger partial charge is 0.341 e. The molecule has 20 heavy (non-hydrogen) atoms. The maximum absolute atomic E-state index is 11.0. The van der Waals surface area contributed by atoms with E-state index in [1.165, 1.54) is 0 Å². The van der Waals surface area contributed by atoms with Gasteiger partial charge in [0.15, 0.2) is 6.61 Å². The fourth-order valence-corrected chi connectivity index (χ4v) is 1.68. The van der Waals surface area contributed by atoms with E-state index in [1.807, 2.05) is 13.8 Å². The summed E-state index contributed by atoms with van der Waals surface area (Å²) in [6, 6.07) is 6.25. The molecule has 0 saturated heterocycles. The van der Waals surface area contributed by atoms with Gasteiger partial charge in [0.2, 0.25) is 0 Å². The van der Waals surface area contributed by atoms with E-state index in [-0.39, 0.29) is 12.5 Å². The fourth-order valence-electron chi connectivity index (χ4n) is 1.68. The van der Waals surface area contributed by atoms with Gasteiger partial charge in [-0.1, -0.05) is 26.0 Å². The van der Waals surface area contributed by atoms with Crippen LogP contribution in [0.4, 0.5) is 0 Å². The molecule has 6 heteroatoms. The zero-order valence-electron chi connectivity index (χ0n) is 11.5. The average molecular weight is 281 g/mol. The lowest BCUT2D eigenvalue weighted by Crippen LogP contribution is -2.40. The molecule has 0 aliphatic carbocycles. The van der Waals surface area contributed by atoms with Gasteiger partial charge >= 0.3 is 11.9 Å². The highest BCUT2D eigenvalue weighted by atomic mass is 16.5. The molecule has 0 bridgehead atoms. The Balaban J connectivity index is 2.52. The van der Waals surface area contributed by atoms with E-state index in [2.05, 4.69) is 5.32 Å². The summed E-state index contributed by atoms with van der Waals surface area (Å²) < 4.78 is 5.01. The van der Waals surface area contributed by atoms with E-state index in [1.54, 1.807) is 24.3 Å². The number of hydrogen-bond acceptors (Lipinski definition) is 4. The van der Waals surface area contributed by atoms with Gasteiger partial charge in [-0.3, -0.25) is 4.79 Å². The lowest BCUT2D eigenvalue weighted by Gasteiger charge is -2.18. The molecule has 0 aromatic heterocycles. The largest absolute Gasteiger partial charge is 0.482 e. The minimum absolute atomic E-state index is 0.00864. The van der Waals surface area contributed by atoms with Crippen LogP contribution < -0.4 is 10.1 Å². The average Bonchev–Trinajstić information content (AvgIpc) is 2.37. The first-order chi connectivity index (χ1) is 9.40. The molecule has 6 nitrogen and oxygen atoms in total. The molecule has 0 unspecified atom stereocenters. The Morgan fingerprint density at radius 1 is 1.20 bits per heavy atom. The summed E-state index contributed by atoms with van der Waals surface area (Å²) in [6.45, 7) is 3.73. The standard InChI is InChI=1S/C14H19NO5/c1-9(2)13(14(18)19)15-7-10-3-5-11(6-4-10)20-8-12(16)17/h3-6,9,13,15H,7-8H2,1-2H3,(H,16,17)(H,18,19)/t13-/m1/s1. The number of carboxylic acid groups (broad SMARTS) is 2. The molecule has 1 aromatic rings. The third-order valence-corrected chi connectivity index (χ3v) is 2.74. The molecular formula is C14H19NO5. The maximum atomic E-state index is 11.0. The Hall–Kier alpha value is -2.08. The summed E-state index contributed by atoms with van der Waals surface area (Å²) >= 11 is 0. The molecule has 110 valence electrons. The first-order valence-electron chi connectivity index (χ1n) is 6.30. The van der Waals surface area contributed by atoms with Gasteiger partial charge in [0.1, 0.15) is 11.8 Å². The van der Waals surface area contributed by atoms with Crippen LogP contribution in [0.1, 0.15) is 19.4 Å². The summed E-state index contributed by atoms with van der Waals surface area (Å²) in [5.74, 6) is -1.45. The Bertz CT molecular complexity index is 455.